The number of hydrogen-bond acceptors (Lipinski definition) is 7. The van der Waals surface area contributed by atoms with Crippen molar-refractivity contribution >= 4 is 33.4 Å². The van der Waals surface area contributed by atoms with Crippen LogP contribution in [0.3, 0.4) is 0 Å². The van der Waals surface area contributed by atoms with Crippen molar-refractivity contribution in [3.05, 3.63) is 47.2 Å². The van der Waals surface area contributed by atoms with Crippen molar-refractivity contribution in [2.45, 2.75) is 33.2 Å². The molecule has 3 aromatic heterocycles. The summed E-state index contributed by atoms with van der Waals surface area (Å²) in [7, 11) is 0. The standard InChI is InChI=1S/C18H19N5O2S.C2H6/c1-12(13-5-2-3-7-19-13)20-18-21-14-6-10-26-16(14)15(22-18)17(24)23-8-4-9-25-11-23;1-2/h2-3,5-7,10,12H,4,8-9,11H2,1H3,(H,20,21,22);1-2H3. The number of hydrogen-bond donors (Lipinski definition) is 1. The van der Waals surface area contributed by atoms with Crippen LogP contribution in [0.1, 0.15) is 49.4 Å². The van der Waals surface area contributed by atoms with Crippen LogP contribution in [0.5, 0.6) is 0 Å². The number of rotatable bonds is 4. The summed E-state index contributed by atoms with van der Waals surface area (Å²) in [5.74, 6) is 0.309. The van der Waals surface area contributed by atoms with Crippen LogP contribution in [0.15, 0.2) is 35.8 Å². The van der Waals surface area contributed by atoms with E-state index >= 15 is 0 Å². The van der Waals surface area contributed by atoms with Gasteiger partial charge in [-0.25, -0.2) is 9.97 Å². The average molecular weight is 400 g/mol. The van der Waals surface area contributed by atoms with Crippen molar-refractivity contribution in [1.29, 1.82) is 0 Å². The lowest BCUT2D eigenvalue weighted by atomic mass is 10.2. The van der Waals surface area contributed by atoms with Gasteiger partial charge in [-0.2, -0.15) is 0 Å². The lowest BCUT2D eigenvalue weighted by Crippen LogP contribution is -2.38. The normalized spacial score (nSPS) is 14.9. The Morgan fingerprint density at radius 2 is 2.14 bits per heavy atom. The second kappa shape index (κ2) is 9.57. The molecule has 4 heterocycles. The molecule has 0 bridgehead atoms. The Hall–Kier alpha value is -2.58. The van der Waals surface area contributed by atoms with E-state index in [4.69, 9.17) is 4.74 Å². The molecule has 1 N–H and O–H groups in total. The molecule has 148 valence electrons. The summed E-state index contributed by atoms with van der Waals surface area (Å²) in [5.41, 5.74) is 2.08. The van der Waals surface area contributed by atoms with Crippen LogP contribution in [0.25, 0.3) is 10.2 Å². The molecule has 0 spiro atoms. The molecule has 0 radical (unpaired) electrons. The van der Waals surface area contributed by atoms with Crippen molar-refractivity contribution in [2.75, 3.05) is 25.2 Å². The molecule has 3 aromatic rings. The number of amides is 1. The fourth-order valence-electron chi connectivity index (χ4n) is 2.88. The SMILES string of the molecule is CC.CC(Nc1nc(C(=O)N2CCCOC2)c2sccc2n1)c1ccccn1. The molecule has 1 aliphatic heterocycles. The van der Waals surface area contributed by atoms with Gasteiger partial charge in [0.2, 0.25) is 5.95 Å². The zero-order valence-electron chi connectivity index (χ0n) is 16.4. The van der Waals surface area contributed by atoms with Crippen molar-refractivity contribution < 1.29 is 9.53 Å². The Balaban J connectivity index is 0.00000109. The molecule has 1 fully saturated rings. The highest BCUT2D eigenvalue weighted by atomic mass is 32.1. The lowest BCUT2D eigenvalue weighted by Gasteiger charge is -2.26. The zero-order valence-corrected chi connectivity index (χ0v) is 17.2. The Kier molecular flexibility index (Phi) is 6.89. The number of fused-ring (bicyclic) bond motifs is 1. The molecule has 1 atom stereocenters. The van der Waals surface area contributed by atoms with Crippen molar-refractivity contribution in [3.63, 3.8) is 0 Å². The number of pyridine rings is 1. The Bertz CT molecular complexity index is 909. The molecule has 8 heteroatoms. The molecule has 1 unspecified atom stereocenters. The number of anilines is 1. The summed E-state index contributed by atoms with van der Waals surface area (Å²) in [5, 5.41) is 5.18. The van der Waals surface area contributed by atoms with Gasteiger partial charge in [-0.15, -0.1) is 11.3 Å². The quantitative estimate of drug-likeness (QED) is 0.711. The van der Waals surface area contributed by atoms with Crippen LogP contribution < -0.4 is 5.32 Å². The van der Waals surface area contributed by atoms with Gasteiger partial charge in [-0.1, -0.05) is 19.9 Å². The first-order valence-electron chi connectivity index (χ1n) is 9.52. The van der Waals surface area contributed by atoms with E-state index in [-0.39, 0.29) is 11.9 Å². The topological polar surface area (TPSA) is 80.2 Å². The maximum Gasteiger partial charge on any atom is 0.275 e. The highest BCUT2D eigenvalue weighted by molar-refractivity contribution is 7.17. The summed E-state index contributed by atoms with van der Waals surface area (Å²) in [6, 6.07) is 7.59. The van der Waals surface area contributed by atoms with Crippen LogP contribution in [0, 0.1) is 0 Å². The van der Waals surface area contributed by atoms with Gasteiger partial charge in [-0.3, -0.25) is 9.78 Å². The van der Waals surface area contributed by atoms with E-state index in [0.717, 1.165) is 22.3 Å². The minimum atomic E-state index is -0.118. The smallest absolute Gasteiger partial charge is 0.275 e. The number of aromatic nitrogens is 3. The van der Waals surface area contributed by atoms with Gasteiger partial charge in [-0.05, 0) is 36.9 Å². The predicted octanol–water partition coefficient (Wildman–Crippen LogP) is 4.11. The summed E-state index contributed by atoms with van der Waals surface area (Å²) in [6.45, 7) is 7.67. The second-order valence-electron chi connectivity index (χ2n) is 6.11. The molecule has 28 heavy (non-hydrogen) atoms. The maximum atomic E-state index is 12.9. The Morgan fingerprint density at radius 3 is 2.86 bits per heavy atom. The third-order valence-corrected chi connectivity index (χ3v) is 5.14. The average Bonchev–Trinajstić information content (AvgIpc) is 3.24. The number of carbonyl (C=O) groups is 1. The third-order valence-electron chi connectivity index (χ3n) is 4.23. The number of nitrogens with one attached hydrogen (secondary N) is 1. The number of ether oxygens (including phenoxy) is 1. The lowest BCUT2D eigenvalue weighted by molar-refractivity contribution is -0.00590. The molecule has 0 aromatic carbocycles. The van der Waals surface area contributed by atoms with Gasteiger partial charge in [0.05, 0.1) is 28.6 Å². The summed E-state index contributed by atoms with van der Waals surface area (Å²) < 4.78 is 6.21. The van der Waals surface area contributed by atoms with E-state index in [1.807, 2.05) is 50.4 Å². The van der Waals surface area contributed by atoms with Gasteiger partial charge in [0.1, 0.15) is 6.73 Å². The van der Waals surface area contributed by atoms with Gasteiger partial charge in [0.25, 0.3) is 5.91 Å². The molecule has 1 saturated heterocycles. The second-order valence-corrected chi connectivity index (χ2v) is 7.03. The minimum absolute atomic E-state index is 0.0754. The van der Waals surface area contributed by atoms with E-state index < -0.39 is 0 Å². The summed E-state index contributed by atoms with van der Waals surface area (Å²) in [6.07, 6.45) is 2.59. The van der Waals surface area contributed by atoms with Crippen molar-refractivity contribution in [2.24, 2.45) is 0 Å². The monoisotopic (exact) mass is 399 g/mol. The zero-order chi connectivity index (χ0) is 19.9. The van der Waals surface area contributed by atoms with Crippen LogP contribution in [0.2, 0.25) is 0 Å². The fourth-order valence-corrected chi connectivity index (χ4v) is 3.69. The molecular weight excluding hydrogens is 374 g/mol. The number of thiophene rings is 1. The van der Waals surface area contributed by atoms with Gasteiger partial charge in [0.15, 0.2) is 5.69 Å². The van der Waals surface area contributed by atoms with Crippen LogP contribution >= 0.6 is 11.3 Å². The first kappa shape index (κ1) is 20.2. The first-order valence-corrected chi connectivity index (χ1v) is 10.4. The largest absolute Gasteiger partial charge is 0.361 e. The maximum absolute atomic E-state index is 12.9. The molecule has 1 aliphatic rings. The predicted molar refractivity (Wildman–Crippen MR) is 112 cm³/mol. The van der Waals surface area contributed by atoms with Crippen LogP contribution in [-0.4, -0.2) is 45.6 Å². The van der Waals surface area contributed by atoms with E-state index in [2.05, 4.69) is 20.3 Å². The molecular formula is C20H25N5O2S. The Morgan fingerprint density at radius 1 is 1.29 bits per heavy atom. The molecule has 1 amide bonds. The molecule has 0 aliphatic carbocycles. The number of nitrogens with zero attached hydrogens (tertiary/aromatic N) is 4. The van der Waals surface area contributed by atoms with E-state index in [1.165, 1.54) is 11.3 Å². The highest BCUT2D eigenvalue weighted by Crippen LogP contribution is 2.26. The van der Waals surface area contributed by atoms with E-state index in [1.54, 1.807) is 11.1 Å². The third kappa shape index (κ3) is 4.45. The Labute approximate surface area is 168 Å². The van der Waals surface area contributed by atoms with Crippen LogP contribution in [-0.2, 0) is 4.74 Å². The van der Waals surface area contributed by atoms with Gasteiger partial charge in [0, 0.05) is 12.7 Å². The fraction of sp³-hybridized carbons (Fsp3) is 0.400. The van der Waals surface area contributed by atoms with Crippen LogP contribution in [0.4, 0.5) is 5.95 Å². The van der Waals surface area contributed by atoms with Gasteiger partial charge < -0.3 is 15.0 Å². The number of carbonyl (C=O) groups excluding carboxylic acids is 1. The van der Waals surface area contributed by atoms with Crippen molar-refractivity contribution in [3.8, 4) is 0 Å². The summed E-state index contributed by atoms with van der Waals surface area (Å²) >= 11 is 1.48. The van der Waals surface area contributed by atoms with E-state index in [9.17, 15) is 4.79 Å². The first-order chi connectivity index (χ1) is 13.7. The van der Waals surface area contributed by atoms with Crippen molar-refractivity contribution in [1.82, 2.24) is 19.9 Å². The van der Waals surface area contributed by atoms with Gasteiger partial charge >= 0.3 is 0 Å². The minimum Gasteiger partial charge on any atom is -0.361 e. The molecule has 4 rings (SSSR count). The summed E-state index contributed by atoms with van der Waals surface area (Å²) in [4.78, 5) is 28.1. The molecule has 0 saturated carbocycles. The van der Waals surface area contributed by atoms with E-state index in [0.29, 0.717) is 31.5 Å². The highest BCUT2D eigenvalue weighted by Gasteiger charge is 2.24. The molecule has 7 nitrogen and oxygen atoms in total.